The number of nitrogens with zero attached hydrogens (tertiary/aromatic N) is 2. The lowest BCUT2D eigenvalue weighted by atomic mass is 9.96. The van der Waals surface area contributed by atoms with Gasteiger partial charge in [0.15, 0.2) is 0 Å². The van der Waals surface area contributed by atoms with E-state index in [2.05, 4.69) is 19.2 Å². The predicted octanol–water partition coefficient (Wildman–Crippen LogP) is 2.97. The predicted molar refractivity (Wildman–Crippen MR) is 107 cm³/mol. The van der Waals surface area contributed by atoms with Crippen LogP contribution in [-0.2, 0) is 11.2 Å². The van der Waals surface area contributed by atoms with E-state index in [1.807, 2.05) is 16.8 Å². The number of carbonyl (C=O) groups excluding carboxylic acids is 1. The minimum atomic E-state index is -0.832. The molecule has 2 amide bonds. The summed E-state index contributed by atoms with van der Waals surface area (Å²) in [4.78, 5) is 27.4. The van der Waals surface area contributed by atoms with Gasteiger partial charge in [-0.2, -0.15) is 0 Å². The maximum Gasteiger partial charge on any atom is 0.317 e. The van der Waals surface area contributed by atoms with Gasteiger partial charge >= 0.3 is 12.0 Å². The number of amides is 2. The van der Waals surface area contributed by atoms with Crippen LogP contribution < -0.4 is 5.32 Å². The van der Waals surface area contributed by atoms with Crippen LogP contribution in [0.1, 0.15) is 38.7 Å². The SMILES string of the molecule is CC(C)C(Cc1ccc(F)cc1)NC(=O)N1CCCC(N(C)CC(=O)O)CC1. The molecule has 6 nitrogen and oxygen atoms in total. The van der Waals surface area contributed by atoms with Crippen molar-refractivity contribution in [2.75, 3.05) is 26.7 Å². The highest BCUT2D eigenvalue weighted by Gasteiger charge is 2.26. The van der Waals surface area contributed by atoms with E-state index in [0.29, 0.717) is 19.5 Å². The van der Waals surface area contributed by atoms with Crippen LogP contribution >= 0.6 is 0 Å². The minimum absolute atomic E-state index is 0.0178. The quantitative estimate of drug-likeness (QED) is 0.747. The Balaban J connectivity index is 1.92. The number of hydrogen-bond acceptors (Lipinski definition) is 3. The summed E-state index contributed by atoms with van der Waals surface area (Å²) in [6, 6.07) is 6.45. The van der Waals surface area contributed by atoms with Gasteiger partial charge in [0, 0.05) is 25.2 Å². The minimum Gasteiger partial charge on any atom is -0.480 e. The fourth-order valence-electron chi connectivity index (χ4n) is 3.64. The van der Waals surface area contributed by atoms with Crippen LogP contribution in [0.2, 0.25) is 0 Å². The van der Waals surface area contributed by atoms with Gasteiger partial charge in [-0.15, -0.1) is 0 Å². The second-order valence-corrected chi connectivity index (χ2v) is 8.01. The van der Waals surface area contributed by atoms with Crippen molar-refractivity contribution in [1.82, 2.24) is 15.1 Å². The number of halogens is 1. The van der Waals surface area contributed by atoms with E-state index in [1.165, 1.54) is 12.1 Å². The van der Waals surface area contributed by atoms with Gasteiger partial charge in [0.2, 0.25) is 0 Å². The number of benzene rings is 1. The Kier molecular flexibility index (Phi) is 8.23. The number of urea groups is 1. The lowest BCUT2D eigenvalue weighted by Crippen LogP contribution is -2.48. The molecule has 0 bridgehead atoms. The largest absolute Gasteiger partial charge is 0.480 e. The summed E-state index contributed by atoms with van der Waals surface area (Å²) in [6.45, 7) is 5.43. The Labute approximate surface area is 166 Å². The van der Waals surface area contributed by atoms with Gasteiger partial charge in [0.1, 0.15) is 5.82 Å². The zero-order chi connectivity index (χ0) is 20.7. The Morgan fingerprint density at radius 2 is 1.93 bits per heavy atom. The topological polar surface area (TPSA) is 72.9 Å². The van der Waals surface area contributed by atoms with E-state index < -0.39 is 5.97 Å². The number of carbonyl (C=O) groups is 2. The highest BCUT2D eigenvalue weighted by molar-refractivity contribution is 5.74. The van der Waals surface area contributed by atoms with Gasteiger partial charge in [0.25, 0.3) is 0 Å². The first-order valence-electron chi connectivity index (χ1n) is 9.98. The van der Waals surface area contributed by atoms with Gasteiger partial charge in [-0.1, -0.05) is 26.0 Å². The van der Waals surface area contributed by atoms with Crippen molar-refractivity contribution < 1.29 is 19.1 Å². The van der Waals surface area contributed by atoms with Crippen molar-refractivity contribution in [1.29, 1.82) is 0 Å². The molecule has 2 rings (SSSR count). The standard InChI is InChI=1S/C21H32FN3O3/c1-15(2)19(13-16-6-8-17(22)9-7-16)23-21(28)25-11-4-5-18(10-12-25)24(3)14-20(26)27/h6-9,15,18-19H,4-5,10-14H2,1-3H3,(H,23,28)(H,26,27). The summed E-state index contributed by atoms with van der Waals surface area (Å²) in [5, 5.41) is 12.1. The third-order valence-corrected chi connectivity index (χ3v) is 5.48. The maximum atomic E-state index is 13.1. The van der Waals surface area contributed by atoms with Crippen molar-refractivity contribution in [2.45, 2.75) is 51.6 Å². The van der Waals surface area contributed by atoms with Crippen LogP contribution in [0.5, 0.6) is 0 Å². The summed E-state index contributed by atoms with van der Waals surface area (Å²) in [6.07, 6.45) is 3.16. The second-order valence-electron chi connectivity index (χ2n) is 8.01. The molecule has 28 heavy (non-hydrogen) atoms. The number of likely N-dealkylation sites (tertiary alicyclic amines) is 1. The smallest absolute Gasteiger partial charge is 0.317 e. The summed E-state index contributed by atoms with van der Waals surface area (Å²) in [7, 11) is 1.83. The van der Waals surface area contributed by atoms with Crippen LogP contribution in [0, 0.1) is 11.7 Å². The molecule has 1 aromatic carbocycles. The molecule has 0 aromatic heterocycles. The molecule has 1 aromatic rings. The highest BCUT2D eigenvalue weighted by Crippen LogP contribution is 2.17. The van der Waals surface area contributed by atoms with Crippen LogP contribution in [0.15, 0.2) is 24.3 Å². The molecule has 0 spiro atoms. The summed E-state index contributed by atoms with van der Waals surface area (Å²) in [5.41, 5.74) is 0.992. The number of rotatable bonds is 7. The second kappa shape index (κ2) is 10.4. The normalized spacial score (nSPS) is 18.8. The molecule has 1 aliphatic rings. The van der Waals surface area contributed by atoms with Gasteiger partial charge < -0.3 is 15.3 Å². The molecule has 0 radical (unpaired) electrons. The van der Waals surface area contributed by atoms with Crippen LogP contribution in [0.25, 0.3) is 0 Å². The van der Waals surface area contributed by atoms with Gasteiger partial charge in [-0.05, 0) is 56.3 Å². The van der Waals surface area contributed by atoms with Gasteiger partial charge in [-0.25, -0.2) is 9.18 Å². The van der Waals surface area contributed by atoms with E-state index in [-0.39, 0.29) is 36.4 Å². The van der Waals surface area contributed by atoms with Gasteiger partial charge in [-0.3, -0.25) is 9.69 Å². The number of aliphatic carboxylic acids is 1. The Morgan fingerprint density at radius 1 is 1.25 bits per heavy atom. The van der Waals surface area contributed by atoms with Crippen molar-refractivity contribution in [2.24, 2.45) is 5.92 Å². The van der Waals surface area contributed by atoms with E-state index in [4.69, 9.17) is 5.11 Å². The van der Waals surface area contributed by atoms with Gasteiger partial charge in [0.05, 0.1) is 6.54 Å². The Morgan fingerprint density at radius 3 is 2.54 bits per heavy atom. The molecule has 1 saturated heterocycles. The molecule has 1 aliphatic heterocycles. The Bertz CT molecular complexity index is 651. The number of carboxylic acid groups (broad SMARTS) is 1. The van der Waals surface area contributed by atoms with E-state index in [1.54, 1.807) is 12.1 Å². The van der Waals surface area contributed by atoms with Crippen molar-refractivity contribution in [3.8, 4) is 0 Å². The molecule has 0 aliphatic carbocycles. The fourth-order valence-corrected chi connectivity index (χ4v) is 3.64. The number of likely N-dealkylation sites (N-methyl/N-ethyl adjacent to an activating group) is 1. The fraction of sp³-hybridized carbons (Fsp3) is 0.619. The zero-order valence-corrected chi connectivity index (χ0v) is 17.0. The average molecular weight is 394 g/mol. The molecule has 0 saturated carbocycles. The Hall–Kier alpha value is -2.15. The highest BCUT2D eigenvalue weighted by atomic mass is 19.1. The first-order valence-corrected chi connectivity index (χ1v) is 9.98. The molecule has 2 atom stereocenters. The average Bonchev–Trinajstić information content (AvgIpc) is 2.88. The van der Waals surface area contributed by atoms with Crippen LogP contribution in [0.4, 0.5) is 9.18 Å². The summed E-state index contributed by atoms with van der Waals surface area (Å²) >= 11 is 0. The molecule has 7 heteroatoms. The van der Waals surface area contributed by atoms with Crippen molar-refractivity contribution >= 4 is 12.0 Å². The first kappa shape index (κ1) is 22.1. The third-order valence-electron chi connectivity index (χ3n) is 5.48. The number of nitrogens with one attached hydrogen (secondary N) is 1. The monoisotopic (exact) mass is 393 g/mol. The van der Waals surface area contributed by atoms with Crippen molar-refractivity contribution in [3.05, 3.63) is 35.6 Å². The first-order chi connectivity index (χ1) is 13.3. The van der Waals surface area contributed by atoms with E-state index >= 15 is 0 Å². The zero-order valence-electron chi connectivity index (χ0n) is 17.0. The number of hydrogen-bond donors (Lipinski definition) is 2. The summed E-state index contributed by atoms with van der Waals surface area (Å²) in [5.74, 6) is -0.849. The van der Waals surface area contributed by atoms with Crippen LogP contribution in [-0.4, -0.2) is 65.7 Å². The molecule has 1 heterocycles. The lowest BCUT2D eigenvalue weighted by Gasteiger charge is -2.28. The lowest BCUT2D eigenvalue weighted by molar-refractivity contribution is -0.138. The number of carboxylic acids is 1. The molecular weight excluding hydrogens is 361 g/mol. The van der Waals surface area contributed by atoms with Crippen molar-refractivity contribution in [3.63, 3.8) is 0 Å². The maximum absolute atomic E-state index is 13.1. The molecule has 156 valence electrons. The van der Waals surface area contributed by atoms with E-state index in [0.717, 1.165) is 24.8 Å². The van der Waals surface area contributed by atoms with Crippen LogP contribution in [0.3, 0.4) is 0 Å². The molecule has 2 unspecified atom stereocenters. The third kappa shape index (κ3) is 6.78. The molecule has 1 fully saturated rings. The molecule has 2 N–H and O–H groups in total. The summed E-state index contributed by atoms with van der Waals surface area (Å²) < 4.78 is 13.1. The molecular formula is C21H32FN3O3. The van der Waals surface area contributed by atoms with E-state index in [9.17, 15) is 14.0 Å².